The summed E-state index contributed by atoms with van der Waals surface area (Å²) in [6.45, 7) is 5.43. The average molecular weight is 264 g/mol. The number of aromatic nitrogens is 1. The Kier molecular flexibility index (Phi) is 5.36. The van der Waals surface area contributed by atoms with Crippen LogP contribution in [0.15, 0.2) is 18.3 Å². The predicted molar refractivity (Wildman–Crippen MR) is 81.1 cm³/mol. The van der Waals surface area contributed by atoms with E-state index in [2.05, 4.69) is 48.0 Å². The molecule has 0 spiro atoms. The van der Waals surface area contributed by atoms with E-state index in [1.165, 1.54) is 31.2 Å². The molecule has 1 saturated carbocycles. The predicted octanol–water partition coefficient (Wildman–Crippen LogP) is 4.33. The summed E-state index contributed by atoms with van der Waals surface area (Å²) in [5.74, 6) is 3.05. The molecule has 0 aliphatic heterocycles. The molecule has 18 heavy (non-hydrogen) atoms. The maximum absolute atomic E-state index is 4.32. The number of nitrogens with one attached hydrogen (secondary N) is 1. The quantitative estimate of drug-likeness (QED) is 0.857. The molecule has 1 aliphatic rings. The number of thioether (sulfide) groups is 1. The topological polar surface area (TPSA) is 24.9 Å². The lowest BCUT2D eigenvalue weighted by atomic mass is 9.91. The van der Waals surface area contributed by atoms with E-state index in [1.807, 2.05) is 6.20 Å². The molecule has 2 atom stereocenters. The van der Waals surface area contributed by atoms with E-state index in [9.17, 15) is 0 Å². The molecule has 0 saturated heterocycles. The van der Waals surface area contributed by atoms with E-state index in [4.69, 9.17) is 0 Å². The van der Waals surface area contributed by atoms with Crippen LogP contribution in [0.4, 0.5) is 5.82 Å². The molecule has 0 amide bonds. The van der Waals surface area contributed by atoms with Gasteiger partial charge < -0.3 is 5.32 Å². The van der Waals surface area contributed by atoms with Gasteiger partial charge in [-0.1, -0.05) is 19.8 Å². The molecule has 0 aromatic carbocycles. The van der Waals surface area contributed by atoms with Crippen LogP contribution >= 0.6 is 11.8 Å². The van der Waals surface area contributed by atoms with E-state index in [1.54, 1.807) is 0 Å². The Morgan fingerprint density at radius 2 is 2.33 bits per heavy atom. The third kappa shape index (κ3) is 4.20. The highest BCUT2D eigenvalue weighted by molar-refractivity contribution is 7.99. The van der Waals surface area contributed by atoms with Crippen molar-refractivity contribution in [3.8, 4) is 0 Å². The van der Waals surface area contributed by atoms with E-state index in [-0.39, 0.29) is 0 Å². The van der Waals surface area contributed by atoms with Gasteiger partial charge >= 0.3 is 0 Å². The Labute approximate surface area is 115 Å². The largest absolute Gasteiger partial charge is 0.370 e. The molecule has 1 aromatic rings. The first-order valence-electron chi connectivity index (χ1n) is 7.08. The van der Waals surface area contributed by atoms with Gasteiger partial charge in [0, 0.05) is 23.7 Å². The molecule has 2 rings (SSSR count). The van der Waals surface area contributed by atoms with Gasteiger partial charge in [-0.3, -0.25) is 0 Å². The first-order chi connectivity index (χ1) is 8.78. The molecule has 1 heterocycles. The summed E-state index contributed by atoms with van der Waals surface area (Å²) in [5, 5.41) is 4.14. The summed E-state index contributed by atoms with van der Waals surface area (Å²) in [7, 11) is 0. The summed E-state index contributed by atoms with van der Waals surface area (Å²) in [5.41, 5.74) is 1.39. The highest BCUT2D eigenvalue weighted by Crippen LogP contribution is 2.33. The Morgan fingerprint density at radius 3 is 3.11 bits per heavy atom. The van der Waals surface area contributed by atoms with E-state index in [0.717, 1.165) is 29.3 Å². The fourth-order valence-corrected chi connectivity index (χ4v) is 3.99. The smallest absolute Gasteiger partial charge is 0.126 e. The van der Waals surface area contributed by atoms with Crippen LogP contribution in [0.2, 0.25) is 0 Å². The Hall–Kier alpha value is -0.700. The maximum Gasteiger partial charge on any atom is 0.126 e. The van der Waals surface area contributed by atoms with Crippen LogP contribution < -0.4 is 5.32 Å². The van der Waals surface area contributed by atoms with Gasteiger partial charge in [-0.15, -0.1) is 0 Å². The third-order valence-corrected chi connectivity index (χ3v) is 4.96. The number of rotatable bonds is 5. The van der Waals surface area contributed by atoms with Gasteiger partial charge in [-0.25, -0.2) is 4.98 Å². The fourth-order valence-electron chi connectivity index (χ4n) is 2.59. The standard InChI is InChI=1S/C15H24N2S/c1-3-16-15-10-13(7-8-17-15)11-18-14-6-4-5-12(2)9-14/h7-8,10,12,14H,3-6,9,11H2,1-2H3,(H,16,17). The summed E-state index contributed by atoms with van der Waals surface area (Å²) in [4.78, 5) is 4.32. The van der Waals surface area contributed by atoms with Crippen molar-refractivity contribution in [1.29, 1.82) is 0 Å². The van der Waals surface area contributed by atoms with Crippen LogP contribution in [0, 0.1) is 5.92 Å². The Bertz CT molecular complexity index is 367. The van der Waals surface area contributed by atoms with Gasteiger partial charge in [0.25, 0.3) is 0 Å². The maximum atomic E-state index is 4.32. The average Bonchev–Trinajstić information content (AvgIpc) is 2.37. The lowest BCUT2D eigenvalue weighted by Crippen LogP contribution is -2.15. The van der Waals surface area contributed by atoms with Crippen molar-refractivity contribution in [3.05, 3.63) is 23.9 Å². The Morgan fingerprint density at radius 1 is 1.44 bits per heavy atom. The third-order valence-electron chi connectivity index (χ3n) is 3.56. The molecule has 0 bridgehead atoms. The molecule has 2 nitrogen and oxygen atoms in total. The van der Waals surface area contributed by atoms with Crippen LogP contribution in [-0.4, -0.2) is 16.8 Å². The molecule has 1 aliphatic carbocycles. The van der Waals surface area contributed by atoms with Crippen molar-refractivity contribution in [2.45, 2.75) is 50.5 Å². The first-order valence-corrected chi connectivity index (χ1v) is 8.13. The van der Waals surface area contributed by atoms with Gasteiger partial charge in [0.2, 0.25) is 0 Å². The van der Waals surface area contributed by atoms with E-state index < -0.39 is 0 Å². The van der Waals surface area contributed by atoms with Crippen molar-refractivity contribution in [3.63, 3.8) is 0 Å². The summed E-state index contributed by atoms with van der Waals surface area (Å²) < 4.78 is 0. The van der Waals surface area contributed by atoms with Crippen molar-refractivity contribution in [1.82, 2.24) is 4.98 Å². The van der Waals surface area contributed by atoms with Gasteiger partial charge in [0.15, 0.2) is 0 Å². The highest BCUT2D eigenvalue weighted by Gasteiger charge is 2.18. The van der Waals surface area contributed by atoms with Gasteiger partial charge in [-0.2, -0.15) is 11.8 Å². The molecule has 3 heteroatoms. The van der Waals surface area contributed by atoms with Crippen LogP contribution in [-0.2, 0) is 5.75 Å². The summed E-state index contributed by atoms with van der Waals surface area (Å²) in [6, 6.07) is 4.32. The number of pyridine rings is 1. The molecule has 1 fully saturated rings. The second-order valence-electron chi connectivity index (χ2n) is 5.28. The van der Waals surface area contributed by atoms with Crippen molar-refractivity contribution >= 4 is 17.6 Å². The number of nitrogens with zero attached hydrogens (tertiary/aromatic N) is 1. The van der Waals surface area contributed by atoms with Crippen LogP contribution in [0.25, 0.3) is 0 Å². The van der Waals surface area contributed by atoms with Crippen molar-refractivity contribution < 1.29 is 0 Å². The second-order valence-corrected chi connectivity index (χ2v) is 6.57. The minimum atomic E-state index is 0.865. The molecule has 2 unspecified atom stereocenters. The molecular weight excluding hydrogens is 240 g/mol. The molecule has 1 N–H and O–H groups in total. The fraction of sp³-hybridized carbons (Fsp3) is 0.667. The first kappa shape index (κ1) is 13.7. The zero-order valence-electron chi connectivity index (χ0n) is 11.5. The highest BCUT2D eigenvalue weighted by atomic mass is 32.2. The van der Waals surface area contributed by atoms with E-state index >= 15 is 0 Å². The molecule has 0 radical (unpaired) electrons. The normalized spacial score (nSPS) is 23.9. The van der Waals surface area contributed by atoms with Crippen molar-refractivity contribution in [2.24, 2.45) is 5.92 Å². The summed E-state index contributed by atoms with van der Waals surface area (Å²) in [6.07, 6.45) is 7.56. The lowest BCUT2D eigenvalue weighted by molar-refractivity contribution is 0.394. The van der Waals surface area contributed by atoms with Crippen molar-refractivity contribution in [2.75, 3.05) is 11.9 Å². The SMILES string of the molecule is CCNc1cc(CSC2CCCC(C)C2)ccn1. The van der Waals surface area contributed by atoms with Gasteiger partial charge in [0.1, 0.15) is 5.82 Å². The number of anilines is 1. The Balaban J connectivity index is 1.83. The lowest BCUT2D eigenvalue weighted by Gasteiger charge is -2.26. The second kappa shape index (κ2) is 7.03. The molecular formula is C15H24N2S. The van der Waals surface area contributed by atoms with Crippen LogP contribution in [0.3, 0.4) is 0 Å². The minimum absolute atomic E-state index is 0.865. The summed E-state index contributed by atoms with van der Waals surface area (Å²) >= 11 is 2.13. The van der Waals surface area contributed by atoms with Gasteiger partial charge in [-0.05, 0) is 43.4 Å². The van der Waals surface area contributed by atoms with Gasteiger partial charge in [0.05, 0.1) is 0 Å². The number of hydrogen-bond acceptors (Lipinski definition) is 3. The minimum Gasteiger partial charge on any atom is -0.370 e. The number of hydrogen-bond donors (Lipinski definition) is 1. The molecule has 100 valence electrons. The van der Waals surface area contributed by atoms with Crippen LogP contribution in [0.1, 0.15) is 45.1 Å². The monoisotopic (exact) mass is 264 g/mol. The van der Waals surface area contributed by atoms with Crippen LogP contribution in [0.5, 0.6) is 0 Å². The zero-order valence-corrected chi connectivity index (χ0v) is 12.3. The molecule has 1 aromatic heterocycles. The zero-order chi connectivity index (χ0) is 12.8. The van der Waals surface area contributed by atoms with E-state index in [0.29, 0.717) is 0 Å².